The lowest BCUT2D eigenvalue weighted by atomic mass is 10.0. The first-order valence-corrected chi connectivity index (χ1v) is 8.34. The Morgan fingerprint density at radius 1 is 1.23 bits per heavy atom. The van der Waals surface area contributed by atoms with Gasteiger partial charge in [-0.2, -0.15) is 0 Å². The summed E-state index contributed by atoms with van der Waals surface area (Å²) in [6.45, 7) is 9.03. The second kappa shape index (κ2) is 10.3. The summed E-state index contributed by atoms with van der Waals surface area (Å²) in [4.78, 5) is 6.86. The van der Waals surface area contributed by atoms with Crippen molar-refractivity contribution in [2.45, 2.75) is 39.7 Å². The molecule has 22 heavy (non-hydrogen) atoms. The van der Waals surface area contributed by atoms with Crippen LogP contribution in [-0.4, -0.2) is 44.6 Å². The van der Waals surface area contributed by atoms with E-state index in [4.69, 9.17) is 9.41 Å². The molecule has 0 amide bonds. The lowest BCUT2D eigenvalue weighted by Crippen LogP contribution is -2.42. The van der Waals surface area contributed by atoms with E-state index in [1.807, 2.05) is 12.1 Å². The highest BCUT2D eigenvalue weighted by molar-refractivity contribution is 5.79. The minimum atomic E-state index is 0.187. The van der Waals surface area contributed by atoms with Crippen molar-refractivity contribution in [1.82, 2.24) is 15.5 Å². The quantitative estimate of drug-likeness (QED) is 0.544. The molecule has 1 unspecified atom stereocenters. The maximum atomic E-state index is 5.54. The Hall–Kier alpha value is -1.49. The molecule has 0 aromatic carbocycles. The smallest absolute Gasteiger partial charge is 0.191 e. The molecule has 1 heterocycles. The van der Waals surface area contributed by atoms with Gasteiger partial charge < -0.3 is 15.1 Å². The van der Waals surface area contributed by atoms with E-state index >= 15 is 0 Å². The first-order chi connectivity index (χ1) is 10.6. The van der Waals surface area contributed by atoms with E-state index in [2.05, 4.69) is 50.4 Å². The van der Waals surface area contributed by atoms with Crippen LogP contribution in [0.2, 0.25) is 0 Å². The first-order valence-electron chi connectivity index (χ1n) is 8.34. The van der Waals surface area contributed by atoms with Crippen molar-refractivity contribution in [2.75, 3.05) is 33.7 Å². The Morgan fingerprint density at radius 3 is 2.45 bits per heavy atom. The zero-order chi connectivity index (χ0) is 16.4. The van der Waals surface area contributed by atoms with Crippen LogP contribution < -0.4 is 10.6 Å². The lowest BCUT2D eigenvalue weighted by Gasteiger charge is -2.24. The Kier molecular flexibility index (Phi) is 8.67. The van der Waals surface area contributed by atoms with Crippen LogP contribution in [0.5, 0.6) is 0 Å². The molecule has 5 heteroatoms. The van der Waals surface area contributed by atoms with E-state index in [0.717, 1.165) is 31.4 Å². The zero-order valence-corrected chi connectivity index (χ0v) is 14.7. The number of hydrogen-bond donors (Lipinski definition) is 2. The summed E-state index contributed by atoms with van der Waals surface area (Å²) in [6.07, 6.45) is 4.07. The fourth-order valence-corrected chi connectivity index (χ4v) is 2.32. The second-order valence-electron chi connectivity index (χ2n) is 5.78. The third-order valence-electron chi connectivity index (χ3n) is 3.96. The molecule has 5 nitrogen and oxygen atoms in total. The zero-order valence-electron chi connectivity index (χ0n) is 14.7. The maximum Gasteiger partial charge on any atom is 0.191 e. The van der Waals surface area contributed by atoms with E-state index in [0.29, 0.717) is 5.92 Å². The molecule has 0 aliphatic heterocycles. The molecule has 0 aliphatic carbocycles. The van der Waals surface area contributed by atoms with Crippen LogP contribution in [0.1, 0.15) is 45.4 Å². The van der Waals surface area contributed by atoms with Crippen molar-refractivity contribution in [1.29, 1.82) is 0 Å². The number of nitrogens with zero attached hydrogens (tertiary/aromatic N) is 2. The summed E-state index contributed by atoms with van der Waals surface area (Å²) in [5, 5.41) is 6.75. The van der Waals surface area contributed by atoms with Crippen molar-refractivity contribution < 1.29 is 4.42 Å². The average Bonchev–Trinajstić information content (AvgIpc) is 3.02. The summed E-state index contributed by atoms with van der Waals surface area (Å²) in [5.41, 5.74) is 0. The summed E-state index contributed by atoms with van der Waals surface area (Å²) in [6, 6.07) is 4.13. The van der Waals surface area contributed by atoms with Gasteiger partial charge in [0.1, 0.15) is 5.76 Å². The van der Waals surface area contributed by atoms with Gasteiger partial charge in [0.2, 0.25) is 0 Å². The molecule has 0 aliphatic rings. The molecule has 1 atom stereocenters. The molecule has 0 radical (unpaired) electrons. The maximum absolute atomic E-state index is 5.54. The van der Waals surface area contributed by atoms with Gasteiger partial charge in [-0.15, -0.1) is 0 Å². The van der Waals surface area contributed by atoms with Gasteiger partial charge in [-0.25, -0.2) is 0 Å². The van der Waals surface area contributed by atoms with Gasteiger partial charge in [-0.3, -0.25) is 9.89 Å². The first kappa shape index (κ1) is 18.6. The monoisotopic (exact) mass is 308 g/mol. The fraction of sp³-hybridized carbons (Fsp3) is 0.706. The normalized spacial score (nSPS) is 13.7. The van der Waals surface area contributed by atoms with E-state index in [9.17, 15) is 0 Å². The summed E-state index contributed by atoms with van der Waals surface area (Å²) in [5.74, 6) is 2.51. The highest BCUT2D eigenvalue weighted by Crippen LogP contribution is 2.17. The molecule has 2 N–H and O–H groups in total. The van der Waals surface area contributed by atoms with Crippen molar-refractivity contribution >= 4 is 5.96 Å². The van der Waals surface area contributed by atoms with Crippen molar-refractivity contribution in [3.05, 3.63) is 24.2 Å². The molecule has 126 valence electrons. The van der Waals surface area contributed by atoms with Gasteiger partial charge in [-0.1, -0.05) is 26.7 Å². The summed E-state index contributed by atoms with van der Waals surface area (Å²) >= 11 is 0. The summed E-state index contributed by atoms with van der Waals surface area (Å²) in [7, 11) is 4.12. The number of furan rings is 1. The molecular weight excluding hydrogens is 276 g/mol. The number of nitrogens with one attached hydrogen (secondary N) is 2. The third-order valence-corrected chi connectivity index (χ3v) is 3.96. The number of likely N-dealkylation sites (N-methyl/N-ethyl adjacent to an activating group) is 1. The van der Waals surface area contributed by atoms with Gasteiger partial charge >= 0.3 is 0 Å². The van der Waals surface area contributed by atoms with E-state index in [1.165, 1.54) is 12.8 Å². The molecule has 0 fully saturated rings. The van der Waals surface area contributed by atoms with Crippen LogP contribution in [0, 0.1) is 5.92 Å². The standard InChI is InChI=1S/C17H32N4O/c1-6-14(7-2)12-19-17(18-8-3)20-13-15(21(4)5)16-10-9-11-22-16/h9-11,14-15H,6-8,12-13H2,1-5H3,(H2,18,19,20). The molecule has 0 bridgehead atoms. The van der Waals surface area contributed by atoms with Crippen molar-refractivity contribution in [3.63, 3.8) is 0 Å². The van der Waals surface area contributed by atoms with Crippen LogP contribution in [0.3, 0.4) is 0 Å². The Bertz CT molecular complexity index is 410. The van der Waals surface area contributed by atoms with Gasteiger partial charge in [0.05, 0.1) is 12.3 Å². The Morgan fingerprint density at radius 2 is 1.95 bits per heavy atom. The lowest BCUT2D eigenvalue weighted by molar-refractivity contribution is 0.258. The fourth-order valence-electron chi connectivity index (χ4n) is 2.32. The van der Waals surface area contributed by atoms with Crippen LogP contribution in [-0.2, 0) is 0 Å². The van der Waals surface area contributed by atoms with Gasteiger partial charge in [0.15, 0.2) is 5.96 Å². The van der Waals surface area contributed by atoms with Crippen molar-refractivity contribution in [2.24, 2.45) is 10.9 Å². The number of guanidine groups is 1. The Balaban J connectivity index is 2.63. The molecule has 0 spiro atoms. The number of aliphatic imine (C=N–C) groups is 1. The number of hydrogen-bond acceptors (Lipinski definition) is 3. The van der Waals surface area contributed by atoms with Crippen LogP contribution in [0.4, 0.5) is 0 Å². The predicted octanol–water partition coefficient (Wildman–Crippen LogP) is 2.87. The summed E-state index contributed by atoms with van der Waals surface area (Å²) < 4.78 is 5.54. The van der Waals surface area contributed by atoms with Crippen LogP contribution in [0.25, 0.3) is 0 Å². The molecule has 0 saturated heterocycles. The van der Waals surface area contributed by atoms with Crippen LogP contribution >= 0.6 is 0 Å². The van der Waals surface area contributed by atoms with Gasteiger partial charge in [0, 0.05) is 19.6 Å². The topological polar surface area (TPSA) is 52.8 Å². The van der Waals surface area contributed by atoms with E-state index < -0.39 is 0 Å². The average molecular weight is 308 g/mol. The van der Waals surface area contributed by atoms with Crippen molar-refractivity contribution in [3.8, 4) is 0 Å². The molecule has 1 rings (SSSR count). The van der Waals surface area contributed by atoms with Gasteiger partial charge in [-0.05, 0) is 39.1 Å². The second-order valence-corrected chi connectivity index (χ2v) is 5.78. The molecule has 1 aromatic rings. The largest absolute Gasteiger partial charge is 0.468 e. The predicted molar refractivity (Wildman–Crippen MR) is 93.2 cm³/mol. The number of rotatable bonds is 9. The van der Waals surface area contributed by atoms with E-state index in [-0.39, 0.29) is 6.04 Å². The Labute approximate surface area is 135 Å². The third kappa shape index (κ3) is 6.10. The van der Waals surface area contributed by atoms with Gasteiger partial charge in [0.25, 0.3) is 0 Å². The van der Waals surface area contributed by atoms with Crippen LogP contribution in [0.15, 0.2) is 27.8 Å². The molecule has 1 aromatic heterocycles. The minimum absolute atomic E-state index is 0.187. The highest BCUT2D eigenvalue weighted by atomic mass is 16.3. The molecular formula is C17H32N4O. The SMILES string of the molecule is CCNC(=NCC(CC)CC)NCC(c1ccco1)N(C)C. The molecule has 0 saturated carbocycles. The highest BCUT2D eigenvalue weighted by Gasteiger charge is 2.17. The minimum Gasteiger partial charge on any atom is -0.468 e. The van der Waals surface area contributed by atoms with E-state index in [1.54, 1.807) is 6.26 Å².